The molecule has 0 spiro atoms. The summed E-state index contributed by atoms with van der Waals surface area (Å²) in [6.45, 7) is 1.18. The van der Waals surface area contributed by atoms with Crippen molar-refractivity contribution in [3.05, 3.63) is 24.3 Å². The Hall–Kier alpha value is -0.885. The van der Waals surface area contributed by atoms with E-state index >= 15 is 0 Å². The highest BCUT2D eigenvalue weighted by Crippen LogP contribution is 2.20. The number of benzene rings is 1. The van der Waals surface area contributed by atoms with E-state index in [1.807, 2.05) is 0 Å². The molecule has 1 aromatic rings. The van der Waals surface area contributed by atoms with Gasteiger partial charge in [-0.15, -0.1) is 0 Å². The molecule has 0 unspecified atom stereocenters. The van der Waals surface area contributed by atoms with Gasteiger partial charge in [0.1, 0.15) is 0 Å². The van der Waals surface area contributed by atoms with E-state index in [2.05, 4.69) is 0 Å². The second-order valence-electron chi connectivity index (χ2n) is 3.91. The summed E-state index contributed by atoms with van der Waals surface area (Å²) in [6.07, 6.45) is 0.916. The van der Waals surface area contributed by atoms with Gasteiger partial charge in [0.05, 0.1) is 4.90 Å². The maximum Gasteiger partial charge on any atom is 0.490 e. The monoisotopic (exact) mass is 255 g/mol. The summed E-state index contributed by atoms with van der Waals surface area (Å²) in [5, 5.41) is 9.41. The van der Waals surface area contributed by atoms with Gasteiger partial charge in [0.15, 0.2) is 0 Å². The summed E-state index contributed by atoms with van der Waals surface area (Å²) in [5.74, 6) is 0. The van der Waals surface area contributed by atoms with Crippen LogP contribution < -0.4 is 5.46 Å². The Balaban J connectivity index is 2.23. The highest BCUT2D eigenvalue weighted by molar-refractivity contribution is 7.89. The minimum atomic E-state index is -3.34. The van der Waals surface area contributed by atoms with Crippen molar-refractivity contribution < 1.29 is 18.1 Å². The zero-order chi connectivity index (χ0) is 12.5. The van der Waals surface area contributed by atoms with Crippen LogP contribution in [0.25, 0.3) is 0 Å². The summed E-state index contributed by atoms with van der Waals surface area (Å²) in [5.41, 5.74) is 0.537. The Morgan fingerprint density at radius 2 is 1.88 bits per heavy atom. The van der Waals surface area contributed by atoms with E-state index in [4.69, 9.17) is 4.65 Å². The van der Waals surface area contributed by atoms with Crippen LogP contribution in [0.1, 0.15) is 6.42 Å². The molecule has 0 bridgehead atoms. The van der Waals surface area contributed by atoms with Gasteiger partial charge < -0.3 is 9.68 Å². The summed E-state index contributed by atoms with van der Waals surface area (Å²) >= 11 is 0. The lowest BCUT2D eigenvalue weighted by atomic mass is 9.80. The third-order valence-electron chi connectivity index (χ3n) is 2.84. The molecule has 1 aliphatic heterocycles. The largest absolute Gasteiger partial charge is 0.490 e. The average molecular weight is 255 g/mol. The van der Waals surface area contributed by atoms with E-state index in [1.54, 1.807) is 12.1 Å². The lowest BCUT2D eigenvalue weighted by molar-refractivity contribution is 0.309. The average Bonchev–Trinajstić information content (AvgIpc) is 2.25. The van der Waals surface area contributed by atoms with Crippen molar-refractivity contribution in [2.45, 2.75) is 11.3 Å². The van der Waals surface area contributed by atoms with E-state index < -0.39 is 17.1 Å². The van der Waals surface area contributed by atoms with E-state index in [9.17, 15) is 13.4 Å². The summed E-state index contributed by atoms with van der Waals surface area (Å²) in [6, 6.07) is 6.10. The molecule has 0 saturated carbocycles. The smallest absolute Gasteiger partial charge is 0.423 e. The predicted molar refractivity (Wildman–Crippen MR) is 64.4 cm³/mol. The Morgan fingerprint density at radius 3 is 2.29 bits per heavy atom. The predicted octanol–water partition coefficient (Wildman–Crippen LogP) is -0.585. The molecule has 7 heteroatoms. The van der Waals surface area contributed by atoms with Crippen LogP contribution in [0.15, 0.2) is 29.2 Å². The second kappa shape index (κ2) is 4.77. The first-order valence-corrected chi connectivity index (χ1v) is 6.80. The van der Waals surface area contributed by atoms with Crippen molar-refractivity contribution in [2.24, 2.45) is 0 Å². The molecule has 1 heterocycles. The Labute approximate surface area is 101 Å². The van der Waals surface area contributed by atoms with E-state index in [-0.39, 0.29) is 4.90 Å². The van der Waals surface area contributed by atoms with Crippen LogP contribution in [0.3, 0.4) is 0 Å². The maximum absolute atomic E-state index is 12.0. The van der Waals surface area contributed by atoms with Gasteiger partial charge in [-0.05, 0) is 24.0 Å². The molecular weight excluding hydrogens is 241 g/mol. The van der Waals surface area contributed by atoms with Crippen LogP contribution in [-0.2, 0) is 14.7 Å². The van der Waals surface area contributed by atoms with Crippen LogP contribution >= 0.6 is 0 Å². The quantitative estimate of drug-likeness (QED) is 0.730. The van der Waals surface area contributed by atoms with Crippen molar-refractivity contribution in [1.29, 1.82) is 0 Å². The van der Waals surface area contributed by atoms with Gasteiger partial charge >= 0.3 is 7.12 Å². The SMILES string of the molecule is COB(O)c1ccc(S(=O)(=O)N2CCC2)cc1. The maximum atomic E-state index is 12.0. The number of hydrogen-bond donors (Lipinski definition) is 1. The molecule has 0 radical (unpaired) electrons. The van der Waals surface area contributed by atoms with Gasteiger partial charge in [0.25, 0.3) is 0 Å². The van der Waals surface area contributed by atoms with Crippen molar-refractivity contribution >= 4 is 22.6 Å². The zero-order valence-electron chi connectivity index (χ0n) is 9.54. The number of nitrogens with zero attached hydrogens (tertiary/aromatic N) is 1. The molecule has 0 atom stereocenters. The van der Waals surface area contributed by atoms with Crippen molar-refractivity contribution in [2.75, 3.05) is 20.2 Å². The molecule has 1 aromatic carbocycles. The summed E-state index contributed by atoms with van der Waals surface area (Å²) in [7, 11) is -2.97. The topological polar surface area (TPSA) is 66.8 Å². The lowest BCUT2D eigenvalue weighted by Crippen LogP contribution is -2.42. The standard InChI is InChI=1S/C10H14BNO4S/c1-16-11(13)9-3-5-10(6-4-9)17(14,15)12-7-2-8-12/h3-6,13H,2,7-8H2,1H3. The van der Waals surface area contributed by atoms with Gasteiger partial charge in [-0.25, -0.2) is 8.42 Å². The fourth-order valence-corrected chi connectivity index (χ4v) is 3.13. The first-order valence-electron chi connectivity index (χ1n) is 5.36. The van der Waals surface area contributed by atoms with Crippen LogP contribution in [0.4, 0.5) is 0 Å². The molecule has 1 fully saturated rings. The second-order valence-corrected chi connectivity index (χ2v) is 5.85. The first-order chi connectivity index (χ1) is 8.05. The van der Waals surface area contributed by atoms with Gasteiger partial charge in [0.2, 0.25) is 10.0 Å². The van der Waals surface area contributed by atoms with Crippen molar-refractivity contribution in [3.63, 3.8) is 0 Å². The molecule has 2 rings (SSSR count). The van der Waals surface area contributed by atoms with Crippen LogP contribution in [0, 0.1) is 0 Å². The zero-order valence-corrected chi connectivity index (χ0v) is 10.4. The first kappa shape index (κ1) is 12.6. The van der Waals surface area contributed by atoms with Crippen molar-refractivity contribution in [3.8, 4) is 0 Å². The summed E-state index contributed by atoms with van der Waals surface area (Å²) < 4.78 is 30.2. The minimum absolute atomic E-state index is 0.254. The van der Waals surface area contributed by atoms with Gasteiger partial charge in [-0.1, -0.05) is 12.1 Å². The van der Waals surface area contributed by atoms with E-state index in [0.717, 1.165) is 6.42 Å². The Bertz CT molecular complexity index is 484. The Morgan fingerprint density at radius 1 is 1.29 bits per heavy atom. The molecule has 1 aliphatic rings. The van der Waals surface area contributed by atoms with Gasteiger partial charge in [-0.2, -0.15) is 4.31 Å². The lowest BCUT2D eigenvalue weighted by Gasteiger charge is -2.29. The molecular formula is C10H14BNO4S. The van der Waals surface area contributed by atoms with E-state index in [0.29, 0.717) is 18.6 Å². The normalized spacial score (nSPS) is 16.6. The van der Waals surface area contributed by atoms with Crippen LogP contribution in [0.2, 0.25) is 0 Å². The number of rotatable bonds is 4. The van der Waals surface area contributed by atoms with Crippen molar-refractivity contribution in [1.82, 2.24) is 4.31 Å². The molecule has 0 aromatic heterocycles. The van der Waals surface area contributed by atoms with Gasteiger partial charge in [0, 0.05) is 20.2 Å². The fourth-order valence-electron chi connectivity index (χ4n) is 1.62. The van der Waals surface area contributed by atoms with E-state index in [1.165, 1.54) is 23.5 Å². The molecule has 5 nitrogen and oxygen atoms in total. The molecule has 0 aliphatic carbocycles. The van der Waals surface area contributed by atoms with Crippen LogP contribution in [0.5, 0.6) is 0 Å². The molecule has 0 amide bonds. The highest BCUT2D eigenvalue weighted by atomic mass is 32.2. The molecule has 92 valence electrons. The van der Waals surface area contributed by atoms with Gasteiger partial charge in [-0.3, -0.25) is 0 Å². The minimum Gasteiger partial charge on any atom is -0.423 e. The number of sulfonamides is 1. The van der Waals surface area contributed by atoms with Crippen LogP contribution in [-0.4, -0.2) is 45.1 Å². The fraction of sp³-hybridized carbons (Fsp3) is 0.400. The third-order valence-corrected chi connectivity index (χ3v) is 4.75. The molecule has 1 saturated heterocycles. The molecule has 17 heavy (non-hydrogen) atoms. The molecule has 1 N–H and O–H groups in total. The third kappa shape index (κ3) is 2.37. The highest BCUT2D eigenvalue weighted by Gasteiger charge is 2.29. The summed E-state index contributed by atoms with van der Waals surface area (Å²) in [4.78, 5) is 0.254. The Kier molecular flexibility index (Phi) is 3.53. The number of hydrogen-bond acceptors (Lipinski definition) is 4.